The molecule has 1 unspecified atom stereocenters. The Balaban J connectivity index is 0.841. The number of fused-ring (bicyclic) bond motifs is 1. The first kappa shape index (κ1) is 44.5. The molecule has 1 aromatic carbocycles. The van der Waals surface area contributed by atoms with Crippen molar-refractivity contribution in [1.82, 2.24) is 15.1 Å². The van der Waals surface area contributed by atoms with Gasteiger partial charge in [-0.25, -0.2) is 0 Å². The van der Waals surface area contributed by atoms with Crippen LogP contribution in [0.4, 0.5) is 5.69 Å². The first-order valence-electron chi connectivity index (χ1n) is 18.7. The van der Waals surface area contributed by atoms with Crippen molar-refractivity contribution in [3.8, 4) is 0 Å². The lowest BCUT2D eigenvalue weighted by Gasteiger charge is -2.27. The highest BCUT2D eigenvalue weighted by Gasteiger charge is 2.45. The van der Waals surface area contributed by atoms with E-state index in [1.54, 1.807) is 18.2 Å². The number of piperidine rings is 1. The normalized spacial score (nSPS) is 16.8. The summed E-state index contributed by atoms with van der Waals surface area (Å²) >= 11 is 0. The third kappa shape index (κ3) is 15.1. The lowest BCUT2D eigenvalue weighted by atomic mass is 10.0. The van der Waals surface area contributed by atoms with E-state index in [4.69, 9.17) is 42.6 Å². The molecule has 1 aromatic rings. The van der Waals surface area contributed by atoms with Gasteiger partial charge in [0, 0.05) is 30.8 Å². The molecule has 2 N–H and O–H groups in total. The molecular formula is C37H52N4O15. The summed E-state index contributed by atoms with van der Waals surface area (Å²) in [5, 5.41) is 5.32. The summed E-state index contributed by atoms with van der Waals surface area (Å²) in [6.45, 7) is 7.89. The highest BCUT2D eigenvalue weighted by atomic mass is 16.6. The summed E-state index contributed by atoms with van der Waals surface area (Å²) in [4.78, 5) is 74.8. The third-order valence-electron chi connectivity index (χ3n) is 8.37. The van der Waals surface area contributed by atoms with Gasteiger partial charge in [-0.1, -0.05) is 6.07 Å². The number of carbonyl (C=O) groups is 6. The third-order valence-corrected chi connectivity index (χ3v) is 8.37. The van der Waals surface area contributed by atoms with Crippen molar-refractivity contribution in [2.45, 2.75) is 18.9 Å². The lowest BCUT2D eigenvalue weighted by molar-refractivity contribution is -0.138. The summed E-state index contributed by atoms with van der Waals surface area (Å²) in [6, 6.07) is 3.88. The lowest BCUT2D eigenvalue weighted by Crippen LogP contribution is -2.54. The molecule has 310 valence electrons. The zero-order chi connectivity index (χ0) is 39.8. The molecule has 0 radical (unpaired) electrons. The summed E-state index contributed by atoms with van der Waals surface area (Å²) in [5.41, 5.74) is 0.888. The standard InChI is InChI=1S/C37H52N4O15/c42-31-5-4-30(35(45)39-31)41-36(46)28-2-1-3-29(34(28)37(41)47)38-8-10-48-12-14-50-16-18-52-20-22-54-24-26-56-27-25-55-23-21-53-19-17-51-15-13-49-11-9-40-32(43)6-7-33(40)44/h1-3,6-7,30,38H,4-5,8-27H2,(H,39,42,45). The summed E-state index contributed by atoms with van der Waals surface area (Å²) in [5.74, 6) is -2.83. The van der Waals surface area contributed by atoms with Gasteiger partial charge in [-0.15, -0.1) is 0 Å². The topological polar surface area (TPSA) is 216 Å². The number of imide groups is 3. The fraction of sp³-hybridized carbons (Fsp3) is 0.622. The number of carbonyl (C=O) groups excluding carboxylic acids is 6. The van der Waals surface area contributed by atoms with Crippen LogP contribution < -0.4 is 10.6 Å². The molecule has 0 saturated carbocycles. The number of rotatable bonds is 32. The van der Waals surface area contributed by atoms with Crippen LogP contribution in [0.3, 0.4) is 0 Å². The van der Waals surface area contributed by atoms with Gasteiger partial charge < -0.3 is 47.9 Å². The highest BCUT2D eigenvalue weighted by molar-refractivity contribution is 6.25. The minimum absolute atomic E-state index is 0.0605. The van der Waals surface area contributed by atoms with Gasteiger partial charge in [0.15, 0.2) is 0 Å². The summed E-state index contributed by atoms with van der Waals surface area (Å²) in [6.07, 6.45) is 2.65. The Morgan fingerprint density at radius 1 is 0.571 bits per heavy atom. The quantitative estimate of drug-likeness (QED) is 0.0700. The summed E-state index contributed by atoms with van der Waals surface area (Å²) in [7, 11) is 0. The number of amides is 6. The molecule has 56 heavy (non-hydrogen) atoms. The van der Waals surface area contributed by atoms with Crippen molar-refractivity contribution in [2.75, 3.05) is 137 Å². The second kappa shape index (κ2) is 25.9. The Morgan fingerprint density at radius 3 is 1.48 bits per heavy atom. The SMILES string of the molecule is O=C1CCC(N2C(=O)c3cccc(NCCOCCOCCOCCOCCOCCOCCOCCOCCOCCN4C(=O)C=CC4=O)c3C2=O)C(=O)N1. The maximum Gasteiger partial charge on any atom is 0.264 e. The molecule has 3 aliphatic rings. The Labute approximate surface area is 325 Å². The minimum Gasteiger partial charge on any atom is -0.382 e. The molecule has 0 bridgehead atoms. The van der Waals surface area contributed by atoms with E-state index in [1.165, 1.54) is 12.2 Å². The van der Waals surface area contributed by atoms with E-state index in [0.29, 0.717) is 125 Å². The van der Waals surface area contributed by atoms with E-state index in [9.17, 15) is 28.8 Å². The Bertz CT molecular complexity index is 1460. The van der Waals surface area contributed by atoms with Crippen molar-refractivity contribution in [2.24, 2.45) is 0 Å². The van der Waals surface area contributed by atoms with E-state index in [2.05, 4.69) is 10.6 Å². The molecule has 0 aromatic heterocycles. The van der Waals surface area contributed by atoms with Crippen LogP contribution >= 0.6 is 0 Å². The molecule has 1 atom stereocenters. The number of nitrogens with zero attached hydrogens (tertiary/aromatic N) is 2. The maximum atomic E-state index is 13.2. The molecular weight excluding hydrogens is 740 g/mol. The number of nitrogens with one attached hydrogen (secondary N) is 2. The van der Waals surface area contributed by atoms with Crippen molar-refractivity contribution in [3.63, 3.8) is 0 Å². The van der Waals surface area contributed by atoms with Crippen LogP contribution in [-0.2, 0) is 61.8 Å². The zero-order valence-corrected chi connectivity index (χ0v) is 31.5. The van der Waals surface area contributed by atoms with E-state index in [0.717, 1.165) is 9.80 Å². The first-order chi connectivity index (χ1) is 27.4. The molecule has 4 rings (SSSR count). The molecule has 19 heteroatoms. The number of ether oxygens (including phenoxy) is 9. The van der Waals surface area contributed by atoms with Gasteiger partial charge in [0.2, 0.25) is 11.8 Å². The molecule has 3 heterocycles. The Kier molecular flexibility index (Phi) is 20.6. The van der Waals surface area contributed by atoms with E-state index < -0.39 is 29.7 Å². The van der Waals surface area contributed by atoms with Crippen molar-refractivity contribution < 1.29 is 71.4 Å². The number of anilines is 1. The predicted octanol–water partition coefficient (Wildman–Crippen LogP) is -0.426. The average Bonchev–Trinajstić information content (AvgIpc) is 3.64. The van der Waals surface area contributed by atoms with Gasteiger partial charge in [0.25, 0.3) is 23.6 Å². The monoisotopic (exact) mass is 792 g/mol. The van der Waals surface area contributed by atoms with E-state index in [1.807, 2.05) is 0 Å². The number of hydrogen-bond acceptors (Lipinski definition) is 16. The maximum absolute atomic E-state index is 13.2. The van der Waals surface area contributed by atoms with Gasteiger partial charge in [0.05, 0.1) is 137 Å². The van der Waals surface area contributed by atoms with E-state index >= 15 is 0 Å². The molecule has 1 fully saturated rings. The molecule has 0 aliphatic carbocycles. The predicted molar refractivity (Wildman–Crippen MR) is 195 cm³/mol. The van der Waals surface area contributed by atoms with Crippen LogP contribution in [0.1, 0.15) is 33.6 Å². The second-order valence-electron chi connectivity index (χ2n) is 12.3. The van der Waals surface area contributed by atoms with Crippen LogP contribution in [0.25, 0.3) is 0 Å². The molecule has 1 saturated heterocycles. The molecule has 0 spiro atoms. The van der Waals surface area contributed by atoms with Gasteiger partial charge in [-0.2, -0.15) is 0 Å². The van der Waals surface area contributed by atoms with Crippen molar-refractivity contribution in [3.05, 3.63) is 41.5 Å². The summed E-state index contributed by atoms with van der Waals surface area (Å²) < 4.78 is 49.2. The zero-order valence-electron chi connectivity index (χ0n) is 31.5. The van der Waals surface area contributed by atoms with Gasteiger partial charge in [-0.05, 0) is 18.6 Å². The smallest absolute Gasteiger partial charge is 0.264 e. The minimum atomic E-state index is -1.02. The Morgan fingerprint density at radius 2 is 1.02 bits per heavy atom. The van der Waals surface area contributed by atoms with Crippen LogP contribution in [0.5, 0.6) is 0 Å². The largest absolute Gasteiger partial charge is 0.382 e. The number of hydrogen-bond donors (Lipinski definition) is 2. The van der Waals surface area contributed by atoms with Crippen molar-refractivity contribution >= 4 is 41.1 Å². The van der Waals surface area contributed by atoms with Gasteiger partial charge in [0.1, 0.15) is 6.04 Å². The van der Waals surface area contributed by atoms with Crippen LogP contribution in [0, 0.1) is 0 Å². The van der Waals surface area contributed by atoms with Crippen LogP contribution in [0.15, 0.2) is 30.4 Å². The van der Waals surface area contributed by atoms with Crippen LogP contribution in [0.2, 0.25) is 0 Å². The number of benzene rings is 1. The molecule has 6 amide bonds. The van der Waals surface area contributed by atoms with Crippen molar-refractivity contribution in [1.29, 1.82) is 0 Å². The highest BCUT2D eigenvalue weighted by Crippen LogP contribution is 2.32. The second-order valence-corrected chi connectivity index (χ2v) is 12.3. The van der Waals surface area contributed by atoms with Gasteiger partial charge in [-0.3, -0.25) is 43.9 Å². The molecule has 3 aliphatic heterocycles. The van der Waals surface area contributed by atoms with Gasteiger partial charge >= 0.3 is 0 Å². The Hall–Kier alpha value is -4.18. The fourth-order valence-corrected chi connectivity index (χ4v) is 5.59. The fourth-order valence-electron chi connectivity index (χ4n) is 5.59. The van der Waals surface area contributed by atoms with Crippen LogP contribution in [-0.4, -0.2) is 183 Å². The first-order valence-corrected chi connectivity index (χ1v) is 18.7. The average molecular weight is 793 g/mol. The molecule has 19 nitrogen and oxygen atoms in total. The van der Waals surface area contributed by atoms with E-state index in [-0.39, 0.29) is 48.9 Å².